The number of nitrogens with zero attached hydrogens (tertiary/aromatic N) is 3. The van der Waals surface area contributed by atoms with Crippen LogP contribution in [0.1, 0.15) is 23.6 Å². The predicted octanol–water partition coefficient (Wildman–Crippen LogP) is 3.16. The van der Waals surface area contributed by atoms with Crippen molar-refractivity contribution in [1.29, 1.82) is 5.26 Å². The maximum Gasteiger partial charge on any atom is 0.319 e. The van der Waals surface area contributed by atoms with Crippen LogP contribution in [0.5, 0.6) is 0 Å². The first-order chi connectivity index (χ1) is 14.1. The normalized spacial score (nSPS) is 14.9. The van der Waals surface area contributed by atoms with Gasteiger partial charge in [-0.25, -0.2) is 9.18 Å². The Bertz CT molecular complexity index is 887. The largest absolute Gasteiger partial charge is 0.334 e. The molecule has 3 rings (SSSR count). The van der Waals surface area contributed by atoms with Gasteiger partial charge in [0.25, 0.3) is 0 Å². The fourth-order valence-electron chi connectivity index (χ4n) is 3.45. The van der Waals surface area contributed by atoms with Crippen molar-refractivity contribution >= 4 is 11.7 Å². The van der Waals surface area contributed by atoms with Crippen molar-refractivity contribution in [2.24, 2.45) is 0 Å². The molecule has 0 aliphatic carbocycles. The summed E-state index contributed by atoms with van der Waals surface area (Å²) in [5, 5.41) is 14.5. The van der Waals surface area contributed by atoms with E-state index in [0.717, 1.165) is 50.9 Å². The lowest BCUT2D eigenvalue weighted by Gasteiger charge is -2.34. The van der Waals surface area contributed by atoms with Crippen molar-refractivity contribution in [3.8, 4) is 6.07 Å². The number of benzene rings is 2. The predicted molar refractivity (Wildman–Crippen MR) is 111 cm³/mol. The Hall–Kier alpha value is -2.95. The molecule has 0 spiro atoms. The number of halogens is 1. The Balaban J connectivity index is 1.57. The van der Waals surface area contributed by atoms with Crippen LogP contribution in [-0.4, -0.2) is 48.6 Å². The molecule has 0 aromatic heterocycles. The molecule has 2 aromatic carbocycles. The summed E-state index contributed by atoms with van der Waals surface area (Å²) in [7, 11) is 0. The molecule has 6 nitrogen and oxygen atoms in total. The number of nitriles is 1. The summed E-state index contributed by atoms with van der Waals surface area (Å²) >= 11 is 0. The van der Waals surface area contributed by atoms with Crippen LogP contribution in [0.4, 0.5) is 14.9 Å². The minimum Gasteiger partial charge on any atom is -0.334 e. The first-order valence-electron chi connectivity index (χ1n) is 9.85. The van der Waals surface area contributed by atoms with Crippen molar-refractivity contribution in [3.63, 3.8) is 0 Å². The van der Waals surface area contributed by atoms with Crippen LogP contribution >= 0.6 is 0 Å². The van der Waals surface area contributed by atoms with Gasteiger partial charge in [0.15, 0.2) is 0 Å². The monoisotopic (exact) mass is 395 g/mol. The van der Waals surface area contributed by atoms with Gasteiger partial charge < -0.3 is 15.5 Å². The number of rotatable bonds is 6. The van der Waals surface area contributed by atoms with E-state index in [1.54, 1.807) is 0 Å². The van der Waals surface area contributed by atoms with Gasteiger partial charge in [0, 0.05) is 39.3 Å². The van der Waals surface area contributed by atoms with Gasteiger partial charge in [-0.15, -0.1) is 0 Å². The molecule has 0 radical (unpaired) electrons. The van der Waals surface area contributed by atoms with Gasteiger partial charge in [0.2, 0.25) is 0 Å². The Morgan fingerprint density at radius 1 is 1.10 bits per heavy atom. The lowest BCUT2D eigenvalue weighted by Crippen LogP contribution is -2.45. The summed E-state index contributed by atoms with van der Waals surface area (Å²) in [6, 6.07) is 13.2. The molecule has 7 heteroatoms. The number of hydrogen-bond acceptors (Lipinski definition) is 4. The highest BCUT2D eigenvalue weighted by molar-refractivity contribution is 5.90. The van der Waals surface area contributed by atoms with Crippen molar-refractivity contribution in [1.82, 2.24) is 15.1 Å². The number of anilines is 1. The molecule has 0 atom stereocenters. The molecule has 2 amide bonds. The maximum absolute atomic E-state index is 13.2. The molecule has 1 aliphatic heterocycles. The van der Waals surface area contributed by atoms with E-state index in [4.69, 9.17) is 5.26 Å². The first-order valence-corrected chi connectivity index (χ1v) is 9.85. The Kier molecular flexibility index (Phi) is 7.17. The van der Waals surface area contributed by atoms with E-state index in [9.17, 15) is 9.18 Å². The van der Waals surface area contributed by atoms with Crippen LogP contribution in [0.3, 0.4) is 0 Å². The molecule has 2 N–H and O–H groups in total. The van der Waals surface area contributed by atoms with Crippen LogP contribution < -0.4 is 10.6 Å². The van der Waals surface area contributed by atoms with E-state index in [1.165, 1.54) is 17.7 Å². The van der Waals surface area contributed by atoms with Gasteiger partial charge in [0.05, 0.1) is 11.3 Å². The summed E-state index contributed by atoms with van der Waals surface area (Å²) in [5.41, 5.74) is 2.62. The fourth-order valence-corrected chi connectivity index (χ4v) is 3.45. The molecule has 0 bridgehead atoms. The lowest BCUT2D eigenvalue weighted by atomic mass is 10.1. The second-order valence-corrected chi connectivity index (χ2v) is 7.09. The first kappa shape index (κ1) is 20.8. The second-order valence-electron chi connectivity index (χ2n) is 7.09. The molecule has 1 aliphatic rings. The standard InChI is InChI=1S/C22H26FN5O/c1-2-27-9-11-28(12-10-27)16-18-6-4-3-5-17(18)15-25-22(29)26-21-8-7-20(23)13-19(21)14-24/h3-8,13H,2,9-12,15-16H2,1H3,(H2,25,26,29). The number of carbonyl (C=O) groups is 1. The topological polar surface area (TPSA) is 71.4 Å². The van der Waals surface area contributed by atoms with E-state index < -0.39 is 11.8 Å². The summed E-state index contributed by atoms with van der Waals surface area (Å²) in [6.07, 6.45) is 0. The maximum atomic E-state index is 13.2. The quantitative estimate of drug-likeness (QED) is 0.788. The average molecular weight is 395 g/mol. The zero-order chi connectivity index (χ0) is 20.6. The van der Waals surface area contributed by atoms with Crippen LogP contribution in [0.15, 0.2) is 42.5 Å². The molecule has 0 saturated carbocycles. The van der Waals surface area contributed by atoms with Crippen molar-refractivity contribution in [2.75, 3.05) is 38.0 Å². The van der Waals surface area contributed by atoms with E-state index in [1.807, 2.05) is 24.3 Å². The van der Waals surface area contributed by atoms with Crippen LogP contribution in [0.25, 0.3) is 0 Å². The van der Waals surface area contributed by atoms with Gasteiger partial charge in [-0.3, -0.25) is 4.90 Å². The number of carbonyl (C=O) groups excluding carboxylic acids is 1. The number of likely N-dealkylation sites (N-methyl/N-ethyl adjacent to an activating group) is 1. The Morgan fingerprint density at radius 3 is 2.48 bits per heavy atom. The van der Waals surface area contributed by atoms with Crippen LogP contribution in [0, 0.1) is 17.1 Å². The van der Waals surface area contributed by atoms with Crippen LogP contribution in [-0.2, 0) is 13.1 Å². The molecule has 1 saturated heterocycles. The summed E-state index contributed by atoms with van der Waals surface area (Å²) in [5.74, 6) is -0.513. The van der Waals surface area contributed by atoms with Gasteiger partial charge in [-0.1, -0.05) is 31.2 Å². The third kappa shape index (κ3) is 5.76. The minimum absolute atomic E-state index is 0.0896. The summed E-state index contributed by atoms with van der Waals surface area (Å²) < 4.78 is 13.2. The Morgan fingerprint density at radius 2 is 1.79 bits per heavy atom. The SMILES string of the molecule is CCN1CCN(Cc2ccccc2CNC(=O)Nc2ccc(F)cc2C#N)CC1. The molecule has 29 heavy (non-hydrogen) atoms. The van der Waals surface area contributed by atoms with Crippen molar-refractivity contribution in [3.05, 3.63) is 65.0 Å². The third-order valence-electron chi connectivity index (χ3n) is 5.21. The minimum atomic E-state index is -0.513. The fraction of sp³-hybridized carbons (Fsp3) is 0.364. The summed E-state index contributed by atoms with van der Waals surface area (Å²) in [4.78, 5) is 17.1. The number of amides is 2. The highest BCUT2D eigenvalue weighted by atomic mass is 19.1. The Labute approximate surface area is 170 Å². The van der Waals surface area contributed by atoms with E-state index >= 15 is 0 Å². The third-order valence-corrected chi connectivity index (χ3v) is 5.21. The number of hydrogen-bond donors (Lipinski definition) is 2. The lowest BCUT2D eigenvalue weighted by molar-refractivity contribution is 0.131. The molecular formula is C22H26FN5O. The molecule has 152 valence electrons. The summed E-state index contributed by atoms with van der Waals surface area (Å²) in [6.45, 7) is 8.75. The zero-order valence-electron chi connectivity index (χ0n) is 16.6. The number of nitrogens with one attached hydrogen (secondary N) is 2. The average Bonchev–Trinajstić information content (AvgIpc) is 2.75. The molecule has 1 heterocycles. The van der Waals surface area contributed by atoms with E-state index in [-0.39, 0.29) is 11.3 Å². The van der Waals surface area contributed by atoms with Crippen molar-refractivity contribution in [2.45, 2.75) is 20.0 Å². The molecule has 1 fully saturated rings. The van der Waals surface area contributed by atoms with Gasteiger partial charge >= 0.3 is 6.03 Å². The van der Waals surface area contributed by atoms with Gasteiger partial charge in [-0.05, 0) is 35.9 Å². The van der Waals surface area contributed by atoms with Crippen LogP contribution in [0.2, 0.25) is 0 Å². The second kappa shape index (κ2) is 10.0. The van der Waals surface area contributed by atoms with E-state index in [2.05, 4.69) is 33.4 Å². The highest BCUT2D eigenvalue weighted by Crippen LogP contribution is 2.16. The highest BCUT2D eigenvalue weighted by Gasteiger charge is 2.17. The van der Waals surface area contributed by atoms with Gasteiger partial charge in [-0.2, -0.15) is 5.26 Å². The smallest absolute Gasteiger partial charge is 0.319 e. The molecule has 0 unspecified atom stereocenters. The van der Waals surface area contributed by atoms with E-state index in [0.29, 0.717) is 6.54 Å². The zero-order valence-corrected chi connectivity index (χ0v) is 16.6. The van der Waals surface area contributed by atoms with Crippen molar-refractivity contribution < 1.29 is 9.18 Å². The number of urea groups is 1. The molecule has 2 aromatic rings. The van der Waals surface area contributed by atoms with Gasteiger partial charge in [0.1, 0.15) is 11.9 Å². The number of piperazine rings is 1. The molecular weight excluding hydrogens is 369 g/mol.